The summed E-state index contributed by atoms with van der Waals surface area (Å²) in [5.41, 5.74) is 5.46. The molecule has 2 aromatic heterocycles. The summed E-state index contributed by atoms with van der Waals surface area (Å²) >= 11 is 1.54. The zero-order chi connectivity index (χ0) is 23.8. The first-order valence-corrected chi connectivity index (χ1v) is 12.2. The lowest BCUT2D eigenvalue weighted by atomic mass is 9.72. The number of anilines is 2. The number of nitrogens with zero attached hydrogens (tertiary/aromatic N) is 1. The number of carbonyl (C=O) groups excluding carboxylic acids is 2. The van der Waals surface area contributed by atoms with Gasteiger partial charge in [-0.2, -0.15) is 0 Å². The van der Waals surface area contributed by atoms with Gasteiger partial charge in [0.1, 0.15) is 5.00 Å². The molecule has 0 radical (unpaired) electrons. The second-order valence-corrected chi connectivity index (χ2v) is 11.1. The van der Waals surface area contributed by atoms with Crippen LogP contribution in [0, 0.1) is 25.2 Å². The van der Waals surface area contributed by atoms with E-state index in [4.69, 9.17) is 0 Å². The van der Waals surface area contributed by atoms with Gasteiger partial charge in [-0.25, -0.2) is 0 Å². The van der Waals surface area contributed by atoms with Gasteiger partial charge in [-0.05, 0) is 85.4 Å². The predicted octanol–water partition coefficient (Wildman–Crippen LogP) is 6.42. The molecule has 1 unspecified atom stereocenters. The van der Waals surface area contributed by atoms with E-state index in [2.05, 4.69) is 43.3 Å². The highest BCUT2D eigenvalue weighted by molar-refractivity contribution is 7.17. The van der Waals surface area contributed by atoms with Gasteiger partial charge in [-0.1, -0.05) is 26.8 Å². The molecule has 1 aliphatic rings. The first-order valence-electron chi connectivity index (χ1n) is 11.4. The molecule has 2 heterocycles. The average Bonchev–Trinajstić information content (AvgIpc) is 3.13. The van der Waals surface area contributed by atoms with Gasteiger partial charge in [0.25, 0.3) is 11.8 Å². The number of nitrogens with one attached hydrogen (secondary N) is 2. The minimum Gasteiger partial charge on any atom is -0.322 e. The number of hydrogen-bond acceptors (Lipinski definition) is 4. The minimum absolute atomic E-state index is 0.171. The fourth-order valence-electron chi connectivity index (χ4n) is 4.34. The van der Waals surface area contributed by atoms with Crippen LogP contribution in [0.4, 0.5) is 10.7 Å². The van der Waals surface area contributed by atoms with Crippen LogP contribution in [0.2, 0.25) is 0 Å². The van der Waals surface area contributed by atoms with Crippen molar-refractivity contribution >= 4 is 33.8 Å². The molecule has 0 bridgehead atoms. The van der Waals surface area contributed by atoms with E-state index >= 15 is 0 Å². The fraction of sp³-hybridized carbons (Fsp3) is 0.370. The highest BCUT2D eigenvalue weighted by Gasteiger charge is 2.34. The summed E-state index contributed by atoms with van der Waals surface area (Å²) in [5.74, 6) is 0.140. The van der Waals surface area contributed by atoms with Gasteiger partial charge in [-0.15, -0.1) is 11.3 Å². The number of aromatic nitrogens is 1. The largest absolute Gasteiger partial charge is 0.322 e. The van der Waals surface area contributed by atoms with Crippen molar-refractivity contribution in [3.05, 3.63) is 75.4 Å². The molecule has 0 spiro atoms. The smallest absolute Gasteiger partial charge is 0.258 e. The molecule has 1 aliphatic carbocycles. The van der Waals surface area contributed by atoms with Crippen LogP contribution >= 0.6 is 11.3 Å². The molecule has 0 aliphatic heterocycles. The molecule has 6 heteroatoms. The van der Waals surface area contributed by atoms with Gasteiger partial charge < -0.3 is 10.6 Å². The van der Waals surface area contributed by atoms with Gasteiger partial charge in [0, 0.05) is 28.5 Å². The standard InChI is InChI=1S/C27H31N3O2S/c1-16-6-8-20(14-17(16)2)29-25(32)23-21-9-7-19(27(3,4)5)15-22(21)33-26(23)30-24(31)18-10-12-28-13-11-18/h6,8,10-14,19H,7,9,15H2,1-5H3,(H,29,32)(H,30,31). The van der Waals surface area contributed by atoms with Gasteiger partial charge in [0.15, 0.2) is 0 Å². The Morgan fingerprint density at radius 1 is 1.00 bits per heavy atom. The number of thiophene rings is 1. The monoisotopic (exact) mass is 461 g/mol. The van der Waals surface area contributed by atoms with Crippen molar-refractivity contribution in [3.63, 3.8) is 0 Å². The van der Waals surface area contributed by atoms with Gasteiger partial charge in [0.05, 0.1) is 5.56 Å². The van der Waals surface area contributed by atoms with Gasteiger partial charge >= 0.3 is 0 Å². The third kappa shape index (κ3) is 5.01. The third-order valence-electron chi connectivity index (χ3n) is 6.65. The van der Waals surface area contributed by atoms with Crippen LogP contribution in [0.5, 0.6) is 0 Å². The van der Waals surface area contributed by atoms with Crippen molar-refractivity contribution in [3.8, 4) is 0 Å². The van der Waals surface area contributed by atoms with Crippen LogP contribution in [0.1, 0.15) is 69.5 Å². The maximum Gasteiger partial charge on any atom is 0.258 e. The molecule has 172 valence electrons. The molecule has 0 saturated carbocycles. The van der Waals surface area contributed by atoms with Crippen LogP contribution in [-0.4, -0.2) is 16.8 Å². The Kier molecular flexibility index (Phi) is 6.39. The molecule has 33 heavy (non-hydrogen) atoms. The van der Waals surface area contributed by atoms with Crippen molar-refractivity contribution in [2.75, 3.05) is 10.6 Å². The number of amides is 2. The Morgan fingerprint density at radius 3 is 2.39 bits per heavy atom. The molecule has 0 fully saturated rings. The Bertz CT molecular complexity index is 1190. The number of hydrogen-bond donors (Lipinski definition) is 2. The quantitative estimate of drug-likeness (QED) is 0.471. The van der Waals surface area contributed by atoms with E-state index in [-0.39, 0.29) is 17.2 Å². The lowest BCUT2D eigenvalue weighted by molar-refractivity contribution is 0.102. The molecule has 4 rings (SSSR count). The predicted molar refractivity (Wildman–Crippen MR) is 135 cm³/mol. The fourth-order valence-corrected chi connectivity index (χ4v) is 5.66. The number of fused-ring (bicyclic) bond motifs is 1. The van der Waals surface area contributed by atoms with Crippen molar-refractivity contribution < 1.29 is 9.59 Å². The van der Waals surface area contributed by atoms with E-state index in [0.29, 0.717) is 22.0 Å². The Balaban J connectivity index is 1.69. The third-order valence-corrected chi connectivity index (χ3v) is 7.82. The molecular formula is C27H31N3O2S. The molecule has 1 aromatic carbocycles. The average molecular weight is 462 g/mol. The number of pyridine rings is 1. The number of benzene rings is 1. The summed E-state index contributed by atoms with van der Waals surface area (Å²) in [4.78, 5) is 31.6. The number of carbonyl (C=O) groups is 2. The highest BCUT2D eigenvalue weighted by Crippen LogP contribution is 2.44. The summed E-state index contributed by atoms with van der Waals surface area (Å²) in [7, 11) is 0. The second kappa shape index (κ2) is 9.10. The van der Waals surface area contributed by atoms with E-state index in [0.717, 1.165) is 36.1 Å². The normalized spacial score (nSPS) is 15.6. The lowest BCUT2D eigenvalue weighted by Crippen LogP contribution is -2.27. The second-order valence-electron chi connectivity index (χ2n) is 9.96. The molecule has 1 atom stereocenters. The Morgan fingerprint density at radius 2 is 1.73 bits per heavy atom. The molecule has 2 amide bonds. The van der Waals surface area contributed by atoms with Crippen molar-refractivity contribution in [2.24, 2.45) is 11.3 Å². The van der Waals surface area contributed by atoms with E-state index in [1.165, 1.54) is 10.4 Å². The minimum atomic E-state index is -0.233. The van der Waals surface area contributed by atoms with Crippen molar-refractivity contribution in [1.29, 1.82) is 0 Å². The molecule has 3 aromatic rings. The van der Waals surface area contributed by atoms with Gasteiger partial charge in [-0.3, -0.25) is 14.6 Å². The van der Waals surface area contributed by atoms with E-state index < -0.39 is 0 Å². The van der Waals surface area contributed by atoms with Crippen LogP contribution in [-0.2, 0) is 12.8 Å². The zero-order valence-electron chi connectivity index (χ0n) is 19.9. The molecule has 5 nitrogen and oxygen atoms in total. The van der Waals surface area contributed by atoms with Crippen LogP contribution < -0.4 is 10.6 Å². The maximum atomic E-state index is 13.5. The van der Waals surface area contributed by atoms with Crippen LogP contribution in [0.3, 0.4) is 0 Å². The van der Waals surface area contributed by atoms with E-state index in [1.807, 2.05) is 25.1 Å². The molecule has 2 N–H and O–H groups in total. The summed E-state index contributed by atoms with van der Waals surface area (Å²) in [6.45, 7) is 10.9. The highest BCUT2D eigenvalue weighted by atomic mass is 32.1. The summed E-state index contributed by atoms with van der Waals surface area (Å²) in [6, 6.07) is 9.26. The summed E-state index contributed by atoms with van der Waals surface area (Å²) in [5, 5.41) is 6.70. The number of rotatable bonds is 4. The van der Waals surface area contributed by atoms with Crippen molar-refractivity contribution in [2.45, 2.75) is 53.9 Å². The lowest BCUT2D eigenvalue weighted by Gasteiger charge is -2.33. The zero-order valence-corrected chi connectivity index (χ0v) is 20.7. The first kappa shape index (κ1) is 23.2. The summed E-state index contributed by atoms with van der Waals surface area (Å²) in [6.07, 6.45) is 5.99. The Labute approximate surface area is 199 Å². The molecule has 0 saturated heterocycles. The van der Waals surface area contributed by atoms with Gasteiger partial charge in [0.2, 0.25) is 0 Å². The van der Waals surface area contributed by atoms with Crippen LogP contribution in [0.15, 0.2) is 42.7 Å². The maximum absolute atomic E-state index is 13.5. The SMILES string of the molecule is Cc1ccc(NC(=O)c2c(NC(=O)c3ccncc3)sc3c2CCC(C(C)(C)C)C3)cc1C. The van der Waals surface area contributed by atoms with Crippen molar-refractivity contribution in [1.82, 2.24) is 4.98 Å². The topological polar surface area (TPSA) is 71.1 Å². The molecular weight excluding hydrogens is 430 g/mol. The Hall–Kier alpha value is -2.99. The van der Waals surface area contributed by atoms with E-state index in [1.54, 1.807) is 35.9 Å². The number of aryl methyl sites for hydroxylation is 2. The first-order chi connectivity index (χ1) is 15.6. The van der Waals surface area contributed by atoms with Crippen LogP contribution in [0.25, 0.3) is 0 Å². The van der Waals surface area contributed by atoms with E-state index in [9.17, 15) is 9.59 Å². The summed E-state index contributed by atoms with van der Waals surface area (Å²) < 4.78 is 0.